The van der Waals surface area contributed by atoms with Crippen LogP contribution in [0, 0.1) is 11.7 Å². The van der Waals surface area contributed by atoms with Crippen molar-refractivity contribution in [3.63, 3.8) is 0 Å². The van der Waals surface area contributed by atoms with Crippen molar-refractivity contribution >= 4 is 17.2 Å². The molecule has 1 aliphatic carbocycles. The van der Waals surface area contributed by atoms with E-state index in [2.05, 4.69) is 10.3 Å². The summed E-state index contributed by atoms with van der Waals surface area (Å²) in [4.78, 5) is 16.6. The molecule has 1 unspecified atom stereocenters. The minimum Gasteiger partial charge on any atom is -0.351 e. The number of nitrogens with one attached hydrogen (secondary N) is 1. The van der Waals surface area contributed by atoms with E-state index in [1.165, 1.54) is 23.5 Å². The van der Waals surface area contributed by atoms with Gasteiger partial charge in [0.05, 0.1) is 17.1 Å². The van der Waals surface area contributed by atoms with E-state index in [9.17, 15) is 9.18 Å². The number of hydrogen-bond donors (Lipinski definition) is 2. The Morgan fingerprint density at radius 1 is 1.39 bits per heavy atom. The van der Waals surface area contributed by atoms with Crippen LogP contribution < -0.4 is 11.1 Å². The number of carbonyl (C=O) groups is 1. The normalized spacial score (nSPS) is 15.4. The van der Waals surface area contributed by atoms with Crippen molar-refractivity contribution in [2.45, 2.75) is 31.7 Å². The second-order valence-corrected chi connectivity index (χ2v) is 6.90. The van der Waals surface area contributed by atoms with Gasteiger partial charge in [-0.2, -0.15) is 0 Å². The van der Waals surface area contributed by atoms with Crippen LogP contribution >= 0.6 is 11.3 Å². The predicted octanol–water partition coefficient (Wildman–Crippen LogP) is 2.27. The van der Waals surface area contributed by atoms with E-state index in [4.69, 9.17) is 5.73 Å². The Labute approximate surface area is 138 Å². The van der Waals surface area contributed by atoms with Gasteiger partial charge >= 0.3 is 0 Å². The van der Waals surface area contributed by atoms with Gasteiger partial charge in [0.15, 0.2) is 0 Å². The summed E-state index contributed by atoms with van der Waals surface area (Å²) < 4.78 is 12.9. The Morgan fingerprint density at radius 3 is 2.78 bits per heavy atom. The molecule has 1 fully saturated rings. The second-order valence-electron chi connectivity index (χ2n) is 5.96. The molecule has 0 bridgehead atoms. The number of benzene rings is 1. The molecule has 3 N–H and O–H groups in total. The summed E-state index contributed by atoms with van der Waals surface area (Å²) >= 11 is 1.52. The first kappa shape index (κ1) is 16.1. The number of nitrogens with zero attached hydrogens (tertiary/aromatic N) is 1. The lowest BCUT2D eigenvalue weighted by Crippen LogP contribution is -2.42. The summed E-state index contributed by atoms with van der Waals surface area (Å²) in [5.41, 5.74) is 7.48. The van der Waals surface area contributed by atoms with E-state index in [-0.39, 0.29) is 24.2 Å². The van der Waals surface area contributed by atoms with Crippen molar-refractivity contribution in [2.24, 2.45) is 11.7 Å². The maximum Gasteiger partial charge on any atom is 0.226 e. The zero-order chi connectivity index (χ0) is 16.2. The highest BCUT2D eigenvalue weighted by Crippen LogP contribution is 2.32. The van der Waals surface area contributed by atoms with Crippen molar-refractivity contribution in [1.29, 1.82) is 0 Å². The smallest absolute Gasteiger partial charge is 0.226 e. The quantitative estimate of drug-likeness (QED) is 0.817. The van der Waals surface area contributed by atoms with E-state index in [0.29, 0.717) is 18.9 Å². The van der Waals surface area contributed by atoms with E-state index in [0.717, 1.165) is 29.1 Å². The molecule has 1 aromatic carbocycles. The van der Waals surface area contributed by atoms with Crippen molar-refractivity contribution < 1.29 is 9.18 Å². The Morgan fingerprint density at radius 2 is 2.13 bits per heavy atom. The molecule has 0 aliphatic heterocycles. The molecule has 6 heteroatoms. The molecule has 1 aliphatic rings. The zero-order valence-corrected chi connectivity index (χ0v) is 13.6. The van der Waals surface area contributed by atoms with E-state index >= 15 is 0 Å². The molecule has 0 radical (unpaired) electrons. The fraction of sp³-hybridized carbons (Fsp3) is 0.412. The zero-order valence-electron chi connectivity index (χ0n) is 12.8. The van der Waals surface area contributed by atoms with Crippen LogP contribution in [0.25, 0.3) is 0 Å². The van der Waals surface area contributed by atoms with Crippen molar-refractivity contribution in [1.82, 2.24) is 10.3 Å². The molecule has 1 heterocycles. The van der Waals surface area contributed by atoms with Crippen molar-refractivity contribution in [3.05, 3.63) is 51.7 Å². The topological polar surface area (TPSA) is 68.0 Å². The number of nitrogens with two attached hydrogens (primary N) is 1. The minimum atomic E-state index is -0.240. The van der Waals surface area contributed by atoms with Crippen LogP contribution in [0.4, 0.5) is 4.39 Å². The summed E-state index contributed by atoms with van der Waals surface area (Å²) in [5, 5.41) is 5.84. The van der Waals surface area contributed by atoms with Gasteiger partial charge in [0.25, 0.3) is 0 Å². The number of hydrogen-bond acceptors (Lipinski definition) is 4. The largest absolute Gasteiger partial charge is 0.351 e. The molecule has 4 nitrogen and oxygen atoms in total. The SMILES string of the molecule is NCC(NC(=O)Cc1csc(Cc2ccc(F)cc2)n1)C1CC1. The number of halogens is 1. The number of rotatable bonds is 7. The molecule has 0 saturated heterocycles. The van der Waals surface area contributed by atoms with Gasteiger partial charge in [0.2, 0.25) is 5.91 Å². The first-order valence-electron chi connectivity index (χ1n) is 7.81. The van der Waals surface area contributed by atoms with Crippen LogP contribution in [-0.2, 0) is 17.6 Å². The molecule has 23 heavy (non-hydrogen) atoms. The number of amides is 1. The van der Waals surface area contributed by atoms with Crippen molar-refractivity contribution in [3.8, 4) is 0 Å². The standard InChI is InChI=1S/C17H20FN3OS/c18-13-5-1-11(2-6-13)7-17-20-14(10-23-17)8-16(22)21-15(9-19)12-3-4-12/h1-2,5-6,10,12,15H,3-4,7-9,19H2,(H,21,22). The van der Waals surface area contributed by atoms with Crippen LogP contribution in [0.5, 0.6) is 0 Å². The second kappa shape index (κ2) is 7.19. The lowest BCUT2D eigenvalue weighted by Gasteiger charge is -2.15. The van der Waals surface area contributed by atoms with Gasteiger partial charge in [-0.15, -0.1) is 11.3 Å². The average Bonchev–Trinajstić information content (AvgIpc) is 3.29. The Hall–Kier alpha value is -1.79. The van der Waals surface area contributed by atoms with Crippen LogP contribution in [0.15, 0.2) is 29.6 Å². The van der Waals surface area contributed by atoms with Gasteiger partial charge in [-0.1, -0.05) is 12.1 Å². The first-order valence-corrected chi connectivity index (χ1v) is 8.69. The average molecular weight is 333 g/mol. The summed E-state index contributed by atoms with van der Waals surface area (Å²) in [6.45, 7) is 0.489. The fourth-order valence-corrected chi connectivity index (χ4v) is 3.41. The highest BCUT2D eigenvalue weighted by Gasteiger charge is 2.31. The Kier molecular flexibility index (Phi) is 5.03. The van der Waals surface area contributed by atoms with E-state index < -0.39 is 0 Å². The predicted molar refractivity (Wildman–Crippen MR) is 88.7 cm³/mol. The van der Waals surface area contributed by atoms with Gasteiger partial charge < -0.3 is 11.1 Å². The Balaban J connectivity index is 1.54. The molecule has 1 amide bonds. The molecular weight excluding hydrogens is 313 g/mol. The van der Waals surface area contributed by atoms with Gasteiger partial charge in [-0.3, -0.25) is 4.79 Å². The lowest BCUT2D eigenvalue weighted by molar-refractivity contribution is -0.121. The molecular formula is C17H20FN3OS. The minimum absolute atomic E-state index is 0.0222. The van der Waals surface area contributed by atoms with E-state index in [1.54, 1.807) is 12.1 Å². The van der Waals surface area contributed by atoms with Crippen molar-refractivity contribution in [2.75, 3.05) is 6.54 Å². The third-order valence-corrected chi connectivity index (χ3v) is 4.90. The monoisotopic (exact) mass is 333 g/mol. The van der Waals surface area contributed by atoms with Crippen LogP contribution in [-0.4, -0.2) is 23.5 Å². The molecule has 1 atom stereocenters. The number of aromatic nitrogens is 1. The van der Waals surface area contributed by atoms with Gasteiger partial charge in [0, 0.05) is 24.4 Å². The fourth-order valence-electron chi connectivity index (χ4n) is 2.58. The summed E-state index contributed by atoms with van der Waals surface area (Å²) in [6.07, 6.45) is 3.24. The molecule has 3 rings (SSSR count). The Bertz CT molecular complexity index is 667. The molecule has 122 valence electrons. The third-order valence-electron chi connectivity index (χ3n) is 4.00. The highest BCUT2D eigenvalue weighted by molar-refractivity contribution is 7.09. The molecule has 1 aromatic heterocycles. The van der Waals surface area contributed by atoms with Crippen LogP contribution in [0.2, 0.25) is 0 Å². The highest BCUT2D eigenvalue weighted by atomic mass is 32.1. The number of thiazole rings is 1. The summed E-state index contributed by atoms with van der Waals surface area (Å²) in [5.74, 6) is 0.287. The van der Waals surface area contributed by atoms with E-state index in [1.807, 2.05) is 5.38 Å². The third kappa shape index (κ3) is 4.59. The molecule has 2 aromatic rings. The van der Waals surface area contributed by atoms with Gasteiger partial charge in [0.1, 0.15) is 5.82 Å². The maximum atomic E-state index is 12.9. The van der Waals surface area contributed by atoms with Crippen LogP contribution in [0.1, 0.15) is 29.1 Å². The number of carbonyl (C=O) groups excluding carboxylic acids is 1. The summed E-state index contributed by atoms with van der Waals surface area (Å²) in [6, 6.07) is 6.50. The summed E-state index contributed by atoms with van der Waals surface area (Å²) in [7, 11) is 0. The molecule has 1 saturated carbocycles. The lowest BCUT2D eigenvalue weighted by atomic mass is 10.1. The van der Waals surface area contributed by atoms with Gasteiger partial charge in [-0.05, 0) is 36.5 Å². The van der Waals surface area contributed by atoms with Gasteiger partial charge in [-0.25, -0.2) is 9.37 Å². The maximum absolute atomic E-state index is 12.9. The van der Waals surface area contributed by atoms with Crippen LogP contribution in [0.3, 0.4) is 0 Å². The first-order chi connectivity index (χ1) is 11.1. The molecule has 0 spiro atoms.